The minimum absolute atomic E-state index is 0.0551. The zero-order chi connectivity index (χ0) is 60.6. The van der Waals surface area contributed by atoms with Gasteiger partial charge in [-0.1, -0.05) is 6.92 Å². The predicted molar refractivity (Wildman–Crippen MR) is 306 cm³/mol. The van der Waals surface area contributed by atoms with Crippen LogP contribution in [0.25, 0.3) is 11.0 Å². The van der Waals surface area contributed by atoms with E-state index in [0.29, 0.717) is 59.0 Å². The van der Waals surface area contributed by atoms with Crippen LogP contribution in [-0.2, 0) is 0 Å². The number of primary amides is 2. The highest BCUT2D eigenvalue weighted by Crippen LogP contribution is 2.58. The minimum atomic E-state index is -0.989. The van der Waals surface area contributed by atoms with E-state index in [0.717, 1.165) is 100 Å². The van der Waals surface area contributed by atoms with Gasteiger partial charge in [-0.05, 0) is 146 Å². The molecule has 456 valence electrons. The number of amides is 3. The highest BCUT2D eigenvalue weighted by Gasteiger charge is 2.55. The maximum Gasteiger partial charge on any atom is 0.339 e. The smallest absolute Gasteiger partial charge is 0.339 e. The molecule has 6 aromatic rings. The molecule has 0 atom stereocenters. The number of nitrogens with one attached hydrogen (secondary N) is 1. The van der Waals surface area contributed by atoms with Crippen molar-refractivity contribution in [2.75, 3.05) is 33.0 Å². The first-order valence-corrected chi connectivity index (χ1v) is 29.1. The van der Waals surface area contributed by atoms with Gasteiger partial charge in [-0.15, -0.1) is 0 Å². The number of carbonyl (C=O) groups excluding carboxylic acids is 3. The summed E-state index contributed by atoms with van der Waals surface area (Å²) in [6.45, 7) is 10.2. The van der Waals surface area contributed by atoms with E-state index in [-0.39, 0.29) is 89.9 Å². The highest BCUT2D eigenvalue weighted by molar-refractivity contribution is 6.01. The number of rotatable bonds is 23. The topological polar surface area (TPSA) is 387 Å². The van der Waals surface area contributed by atoms with Gasteiger partial charge in [0.1, 0.15) is 60.2 Å². The molecule has 0 radical (unpaired) electrons. The molecular weight excluding hydrogens is 1100 g/mol. The molecule has 6 aromatic heterocycles. The van der Waals surface area contributed by atoms with Crippen LogP contribution in [0.3, 0.4) is 0 Å². The van der Waals surface area contributed by atoms with Gasteiger partial charge in [0.2, 0.25) is 11.8 Å². The fourth-order valence-electron chi connectivity index (χ4n) is 11.7. The van der Waals surface area contributed by atoms with Crippen molar-refractivity contribution in [3.63, 3.8) is 0 Å². The van der Waals surface area contributed by atoms with Crippen LogP contribution in [0.2, 0.25) is 0 Å². The Labute approximate surface area is 490 Å². The molecule has 3 amide bonds. The largest absolute Gasteiger partial charge is 0.489 e. The van der Waals surface area contributed by atoms with Crippen molar-refractivity contribution in [3.05, 3.63) is 82.7 Å². The lowest BCUT2D eigenvalue weighted by atomic mass is 9.53. The lowest BCUT2D eigenvalue weighted by Gasteiger charge is -2.57. The molecule has 26 heteroatoms. The number of carbonyl (C=O) groups is 4. The average Bonchev–Trinajstić information content (AvgIpc) is 2.37. The third-order valence-corrected chi connectivity index (χ3v) is 16.0. The SMILES string of the molecule is CC(C)(O)COc1ccc2c(C(=O)NC3CC4(C3)CC(Oc3nc(OCCN)ncc3C(N)=O)C4)cnn2c1C1CC1.CC(C)(O)COc1ccc2c(C(=O)O)cnn2c1C1CC1.CCCOc1ncc(C(N)=O)c(OC2CC3(CC(N)C3)C2)n1. The summed E-state index contributed by atoms with van der Waals surface area (Å²) >= 11 is 0. The monoisotopic (exact) mass is 1180 g/mol. The number of carboxylic acid groups (broad SMARTS) is 1. The third kappa shape index (κ3) is 14.1. The van der Waals surface area contributed by atoms with Crippen LogP contribution in [0, 0.1) is 10.8 Å². The van der Waals surface area contributed by atoms with Crippen LogP contribution in [0.15, 0.2) is 49.1 Å². The maximum absolute atomic E-state index is 13.3. The molecule has 6 fully saturated rings. The first-order valence-electron chi connectivity index (χ1n) is 29.1. The summed E-state index contributed by atoms with van der Waals surface area (Å²) in [6.07, 6.45) is 17.9. The van der Waals surface area contributed by atoms with Crippen molar-refractivity contribution in [2.45, 2.75) is 165 Å². The molecule has 12 rings (SSSR count). The van der Waals surface area contributed by atoms with E-state index >= 15 is 0 Å². The number of aliphatic hydroxyl groups is 2. The van der Waals surface area contributed by atoms with Crippen LogP contribution >= 0.6 is 0 Å². The van der Waals surface area contributed by atoms with Crippen molar-refractivity contribution < 1.29 is 62.9 Å². The summed E-state index contributed by atoms with van der Waals surface area (Å²) in [7, 11) is 0. The molecule has 85 heavy (non-hydrogen) atoms. The Hall–Kier alpha value is -7.94. The molecule has 0 aromatic carbocycles. The number of ether oxygens (including phenoxy) is 6. The molecule has 0 bridgehead atoms. The van der Waals surface area contributed by atoms with Crippen molar-refractivity contribution in [2.24, 2.45) is 33.8 Å². The summed E-state index contributed by atoms with van der Waals surface area (Å²) in [6, 6.07) is 7.86. The number of fused-ring (bicyclic) bond motifs is 2. The van der Waals surface area contributed by atoms with Crippen LogP contribution in [0.1, 0.15) is 183 Å². The summed E-state index contributed by atoms with van der Waals surface area (Å²) in [5, 5.41) is 41.0. The molecule has 6 aliphatic carbocycles. The molecule has 12 N–H and O–H groups in total. The van der Waals surface area contributed by atoms with Crippen LogP contribution in [0.5, 0.6) is 35.3 Å². The zero-order valence-corrected chi connectivity index (χ0v) is 48.6. The molecule has 26 nitrogen and oxygen atoms in total. The van der Waals surface area contributed by atoms with Gasteiger partial charge < -0.3 is 72.0 Å². The van der Waals surface area contributed by atoms with Gasteiger partial charge in [0.15, 0.2) is 0 Å². The standard InChI is InChI=1S/C29H37N7O6.C15H22N4O3.C15H18N2O4/c1-28(2,39)15-41-22-6-5-21-19(14-33-36(21)23(22)16-3-4-16)25(38)34-17-9-29(10-17)11-18(12-29)42-26-20(24(31)37)13-32-27(35-26)40-8-7-30;1-2-3-21-14-18-8-11(12(17)20)13(19-14)22-10-6-15(7-10)4-9(16)5-15;1-15(2,20)8-21-12-6-5-11-10(14(18)19)7-16-17(11)13(12)9-3-4-9/h5-6,13-14,16-18,39H,3-4,7-12,15,30H2,1-2H3,(H2,31,37)(H,34,38);8-10H,2-7,16H2,1H3,(H2,17,20);5-7,9,20H,3-4,8H2,1-2H3,(H,18,19). The molecule has 6 heterocycles. The summed E-state index contributed by atoms with van der Waals surface area (Å²) in [5.41, 5.74) is 24.9. The lowest BCUT2D eigenvalue weighted by Crippen LogP contribution is -2.58. The van der Waals surface area contributed by atoms with Crippen molar-refractivity contribution in [1.29, 1.82) is 0 Å². The first-order chi connectivity index (χ1) is 40.4. The van der Waals surface area contributed by atoms with Gasteiger partial charge >= 0.3 is 18.0 Å². The second-order valence-corrected chi connectivity index (χ2v) is 24.9. The molecule has 0 unspecified atom stereocenters. The third-order valence-electron chi connectivity index (χ3n) is 16.0. The Morgan fingerprint density at radius 3 is 1.49 bits per heavy atom. The Bertz CT molecular complexity index is 3430. The molecule has 0 aliphatic heterocycles. The Kier molecular flexibility index (Phi) is 17.1. The Morgan fingerprint density at radius 2 is 1.08 bits per heavy atom. The van der Waals surface area contributed by atoms with Crippen molar-refractivity contribution in [3.8, 4) is 35.3 Å². The number of nitrogens with zero attached hydrogens (tertiary/aromatic N) is 8. The molecule has 2 spiro atoms. The van der Waals surface area contributed by atoms with E-state index in [1.165, 1.54) is 18.6 Å². The highest BCUT2D eigenvalue weighted by atomic mass is 16.5. The Balaban J connectivity index is 0.000000157. The first kappa shape index (κ1) is 60.2. The van der Waals surface area contributed by atoms with E-state index in [9.17, 15) is 34.5 Å². The summed E-state index contributed by atoms with van der Waals surface area (Å²) in [5.74, 6) is -0.0699. The number of carboxylic acids is 1. The fourth-order valence-corrected chi connectivity index (χ4v) is 11.7. The van der Waals surface area contributed by atoms with Crippen LogP contribution in [0.4, 0.5) is 0 Å². The maximum atomic E-state index is 13.3. The number of aromatic carboxylic acids is 1. The predicted octanol–water partition coefficient (Wildman–Crippen LogP) is 4.78. The van der Waals surface area contributed by atoms with E-state index in [4.69, 9.17) is 51.4 Å². The minimum Gasteiger partial charge on any atom is -0.489 e. The van der Waals surface area contributed by atoms with E-state index in [2.05, 4.69) is 35.5 Å². The fraction of sp³-hybridized carbons (Fsp3) is 0.559. The Morgan fingerprint density at radius 1 is 0.635 bits per heavy atom. The van der Waals surface area contributed by atoms with Crippen molar-refractivity contribution >= 4 is 34.7 Å². The number of nitrogens with two attached hydrogens (primary N) is 4. The summed E-state index contributed by atoms with van der Waals surface area (Å²) < 4.78 is 37.7. The van der Waals surface area contributed by atoms with Gasteiger partial charge in [-0.3, -0.25) is 14.4 Å². The van der Waals surface area contributed by atoms with E-state index < -0.39 is 29.0 Å². The normalized spacial score (nSPS) is 22.9. The van der Waals surface area contributed by atoms with E-state index in [1.54, 1.807) is 50.5 Å². The number of hydrogen-bond donors (Lipinski definition) is 8. The quantitative estimate of drug-likeness (QED) is 0.0428. The van der Waals surface area contributed by atoms with Crippen LogP contribution < -0.4 is 56.7 Å². The number of pyridine rings is 2. The van der Waals surface area contributed by atoms with Gasteiger partial charge in [-0.25, -0.2) is 23.8 Å². The molecular formula is C59H77N13O13. The van der Waals surface area contributed by atoms with Crippen LogP contribution in [-0.4, -0.2) is 147 Å². The van der Waals surface area contributed by atoms with E-state index in [1.807, 2.05) is 23.6 Å². The molecule has 6 saturated carbocycles. The van der Waals surface area contributed by atoms with Gasteiger partial charge in [0.05, 0.1) is 70.6 Å². The van der Waals surface area contributed by atoms with Gasteiger partial charge in [0.25, 0.3) is 17.7 Å². The average molecular weight is 1180 g/mol. The second kappa shape index (κ2) is 24.2. The number of hydrogen-bond acceptors (Lipinski definition) is 20. The zero-order valence-electron chi connectivity index (χ0n) is 48.6. The van der Waals surface area contributed by atoms with Gasteiger partial charge in [-0.2, -0.15) is 20.2 Å². The second-order valence-electron chi connectivity index (χ2n) is 24.9. The summed E-state index contributed by atoms with van der Waals surface area (Å²) in [4.78, 5) is 64.1. The lowest BCUT2D eigenvalue weighted by molar-refractivity contribution is -0.0850. The number of aromatic nitrogens is 8. The molecule has 6 aliphatic rings. The molecule has 0 saturated heterocycles. The van der Waals surface area contributed by atoms with Crippen molar-refractivity contribution in [1.82, 2.24) is 44.5 Å². The van der Waals surface area contributed by atoms with Gasteiger partial charge in [0, 0.05) is 30.5 Å².